The summed E-state index contributed by atoms with van der Waals surface area (Å²) < 4.78 is 24.5. The van der Waals surface area contributed by atoms with Crippen LogP contribution in [0, 0.1) is 0 Å². The molecule has 0 saturated carbocycles. The lowest BCUT2D eigenvalue weighted by atomic mass is 10.2. The average Bonchev–Trinajstić information content (AvgIpc) is 3.17. The number of nitrogens with one attached hydrogen (secondary N) is 2. The van der Waals surface area contributed by atoms with Crippen molar-refractivity contribution in [3.63, 3.8) is 0 Å². The lowest BCUT2D eigenvalue weighted by molar-refractivity contribution is 0.394. The number of aromatic amines is 1. The zero-order valence-electron chi connectivity index (χ0n) is 15.7. The molecule has 31 heavy (non-hydrogen) atoms. The molecule has 2 aromatic carbocycles. The highest BCUT2D eigenvalue weighted by molar-refractivity contribution is 6.37. The number of benzene rings is 2. The Balaban J connectivity index is 1.66. The topological polar surface area (TPSA) is 115 Å². The van der Waals surface area contributed by atoms with Crippen molar-refractivity contribution in [3.05, 3.63) is 73.2 Å². The minimum Gasteiger partial charge on any atom is -0.434 e. The molecule has 12 heteroatoms. The van der Waals surface area contributed by atoms with E-state index in [-0.39, 0.29) is 40.7 Å². The molecule has 2 N–H and O–H groups in total. The molecule has 4 rings (SSSR count). The van der Waals surface area contributed by atoms with Crippen LogP contribution in [0.3, 0.4) is 0 Å². The Morgan fingerprint density at radius 3 is 2.52 bits per heavy atom. The number of rotatable bonds is 7. The number of anilines is 1. The molecule has 0 amide bonds. The zero-order chi connectivity index (χ0) is 22.0. The monoisotopic (exact) mass is 465 g/mol. The van der Waals surface area contributed by atoms with Crippen LogP contribution in [0.1, 0.15) is 5.89 Å². The Hall–Kier alpha value is -3.37. The summed E-state index contributed by atoms with van der Waals surface area (Å²) in [5, 5.41) is 14.0. The van der Waals surface area contributed by atoms with E-state index >= 15 is 0 Å². The number of aryl methyl sites for hydroxylation is 1. The first-order valence-electron chi connectivity index (χ1n) is 8.97. The smallest absolute Gasteiger partial charge is 0.434 e. The number of alkyl halides is 1. The maximum absolute atomic E-state index is 12.9. The summed E-state index contributed by atoms with van der Waals surface area (Å²) in [7, 11) is 0. The summed E-state index contributed by atoms with van der Waals surface area (Å²) in [4.78, 5) is 23.5. The average molecular weight is 466 g/mol. The van der Waals surface area contributed by atoms with Gasteiger partial charge >= 0.3 is 5.76 Å². The number of H-pyrrole nitrogens is 1. The molecule has 0 aliphatic rings. The van der Waals surface area contributed by atoms with Gasteiger partial charge in [0.15, 0.2) is 5.75 Å². The number of halogens is 3. The van der Waals surface area contributed by atoms with E-state index in [1.54, 1.807) is 36.4 Å². The van der Waals surface area contributed by atoms with Crippen LogP contribution in [0.5, 0.6) is 11.6 Å². The number of ether oxygens (including phenoxy) is 1. The van der Waals surface area contributed by atoms with Crippen molar-refractivity contribution in [2.45, 2.75) is 13.1 Å². The molecule has 0 aliphatic carbocycles. The Labute approximate surface area is 183 Å². The minimum atomic E-state index is -0.761. The predicted octanol–water partition coefficient (Wildman–Crippen LogP) is 3.75. The molecule has 160 valence electrons. The van der Waals surface area contributed by atoms with Crippen molar-refractivity contribution in [2.24, 2.45) is 0 Å². The zero-order valence-corrected chi connectivity index (χ0v) is 17.2. The van der Waals surface area contributed by atoms with Gasteiger partial charge in [0.2, 0.25) is 11.8 Å². The Morgan fingerprint density at radius 1 is 1.16 bits per heavy atom. The van der Waals surface area contributed by atoms with Crippen LogP contribution >= 0.6 is 23.2 Å². The van der Waals surface area contributed by atoms with Gasteiger partial charge in [-0.15, -0.1) is 10.2 Å². The molecule has 9 nitrogen and oxygen atoms in total. The minimum absolute atomic E-state index is 0.0615. The molecule has 2 heterocycles. The molecular formula is C19H14Cl2FN5O4. The van der Waals surface area contributed by atoms with Crippen LogP contribution in [0.25, 0.3) is 10.8 Å². The van der Waals surface area contributed by atoms with Crippen LogP contribution in [-0.4, -0.2) is 26.7 Å². The first-order valence-corrected chi connectivity index (χ1v) is 9.73. The first kappa shape index (κ1) is 20.9. The third-order valence-corrected chi connectivity index (χ3v) is 4.81. The third kappa shape index (κ3) is 4.39. The Bertz CT molecular complexity index is 1340. The van der Waals surface area contributed by atoms with Crippen molar-refractivity contribution in [1.29, 1.82) is 0 Å². The highest BCUT2D eigenvalue weighted by atomic mass is 35.5. The first-order chi connectivity index (χ1) is 15.0. The highest BCUT2D eigenvalue weighted by Gasteiger charge is 2.17. The molecule has 0 atom stereocenters. The number of hydrogen-bond acceptors (Lipinski definition) is 7. The van der Waals surface area contributed by atoms with Gasteiger partial charge in [-0.3, -0.25) is 4.79 Å². The van der Waals surface area contributed by atoms with Crippen LogP contribution in [0.15, 0.2) is 50.4 Å². The largest absolute Gasteiger partial charge is 0.434 e. The third-order valence-electron chi connectivity index (χ3n) is 4.25. The van der Waals surface area contributed by atoms with E-state index in [1.165, 1.54) is 0 Å². The summed E-state index contributed by atoms with van der Waals surface area (Å²) >= 11 is 12.7. The van der Waals surface area contributed by atoms with Gasteiger partial charge in [0.1, 0.15) is 6.67 Å². The van der Waals surface area contributed by atoms with Gasteiger partial charge in [-0.2, -0.15) is 0 Å². The summed E-state index contributed by atoms with van der Waals surface area (Å²) in [6, 6.07) is 9.77. The molecule has 2 aromatic heterocycles. The second-order valence-corrected chi connectivity index (χ2v) is 7.11. The second-order valence-electron chi connectivity index (χ2n) is 6.30. The number of fused-ring (bicyclic) bond motifs is 1. The van der Waals surface area contributed by atoms with Crippen molar-refractivity contribution in [2.75, 3.05) is 12.0 Å². The summed E-state index contributed by atoms with van der Waals surface area (Å²) in [6.07, 6.45) is 0. The van der Waals surface area contributed by atoms with Crippen molar-refractivity contribution in [3.8, 4) is 11.6 Å². The fourth-order valence-corrected chi connectivity index (χ4v) is 3.45. The summed E-state index contributed by atoms with van der Waals surface area (Å²) in [5.74, 6) is -0.330. The standard InChI is InChI=1S/C19H14Cl2FN5O4/c20-13-7-10(23-9-15-24-25-19(29)30-15)8-14(21)16(13)31-17-11-3-1-2-4-12(11)18(28)27(26-17)6-5-22/h1-4,7-8,23H,5-6,9H2,(H,25,29). The van der Waals surface area contributed by atoms with Gasteiger partial charge in [0.05, 0.1) is 33.9 Å². The van der Waals surface area contributed by atoms with Gasteiger partial charge in [0.25, 0.3) is 5.56 Å². The van der Waals surface area contributed by atoms with E-state index in [0.717, 1.165) is 4.68 Å². The second kappa shape index (κ2) is 8.78. The molecule has 0 aliphatic heterocycles. The van der Waals surface area contributed by atoms with Crippen molar-refractivity contribution >= 4 is 39.7 Å². The molecule has 4 aromatic rings. The van der Waals surface area contributed by atoms with Crippen LogP contribution < -0.4 is 21.4 Å². The van der Waals surface area contributed by atoms with E-state index in [4.69, 9.17) is 32.4 Å². The van der Waals surface area contributed by atoms with Crippen molar-refractivity contribution < 1.29 is 13.5 Å². The van der Waals surface area contributed by atoms with Crippen LogP contribution in [0.2, 0.25) is 10.0 Å². The molecule has 0 fully saturated rings. The van der Waals surface area contributed by atoms with Crippen LogP contribution in [-0.2, 0) is 13.1 Å². The molecule has 0 saturated heterocycles. The molecule has 0 radical (unpaired) electrons. The maximum Gasteiger partial charge on any atom is 0.434 e. The predicted molar refractivity (Wildman–Crippen MR) is 113 cm³/mol. The lowest BCUT2D eigenvalue weighted by Crippen LogP contribution is -2.24. The molecular weight excluding hydrogens is 452 g/mol. The van der Waals surface area contributed by atoms with Gasteiger partial charge in [0, 0.05) is 5.69 Å². The molecule has 0 unspecified atom stereocenters. The molecule has 0 bridgehead atoms. The van der Waals surface area contributed by atoms with Gasteiger partial charge in [-0.1, -0.05) is 35.3 Å². The number of nitrogens with zero attached hydrogens (tertiary/aromatic N) is 3. The fourth-order valence-electron chi connectivity index (χ4n) is 2.88. The lowest BCUT2D eigenvalue weighted by Gasteiger charge is -2.14. The van der Waals surface area contributed by atoms with E-state index in [0.29, 0.717) is 16.5 Å². The number of hydrogen-bond donors (Lipinski definition) is 2. The van der Waals surface area contributed by atoms with E-state index in [1.807, 2.05) is 0 Å². The Kier molecular flexibility index (Phi) is 5.92. The van der Waals surface area contributed by atoms with Crippen LogP contribution in [0.4, 0.5) is 10.1 Å². The fraction of sp³-hybridized carbons (Fsp3) is 0.158. The quantitative estimate of drug-likeness (QED) is 0.426. The van der Waals surface area contributed by atoms with E-state index in [2.05, 4.69) is 20.6 Å². The van der Waals surface area contributed by atoms with Gasteiger partial charge in [-0.05, 0) is 24.3 Å². The summed E-state index contributed by atoms with van der Waals surface area (Å²) in [5.41, 5.74) is 0.0931. The van der Waals surface area contributed by atoms with E-state index < -0.39 is 18.0 Å². The number of aromatic nitrogens is 4. The van der Waals surface area contributed by atoms with E-state index in [9.17, 15) is 14.0 Å². The van der Waals surface area contributed by atoms with Crippen molar-refractivity contribution in [1.82, 2.24) is 20.0 Å². The SMILES string of the molecule is O=c1[nH]nc(CNc2cc(Cl)c(Oc3nn(CCF)c(=O)c4ccccc34)c(Cl)c2)o1. The van der Waals surface area contributed by atoms with Gasteiger partial charge < -0.3 is 14.5 Å². The Morgan fingerprint density at radius 2 is 1.87 bits per heavy atom. The molecule has 0 spiro atoms. The highest BCUT2D eigenvalue weighted by Crippen LogP contribution is 2.39. The summed E-state index contributed by atoms with van der Waals surface area (Å²) in [6.45, 7) is -0.859. The maximum atomic E-state index is 12.9. The van der Waals surface area contributed by atoms with Gasteiger partial charge in [-0.25, -0.2) is 19.0 Å². The normalized spacial score (nSPS) is 11.1.